The predicted octanol–water partition coefficient (Wildman–Crippen LogP) is 2.76. The monoisotopic (exact) mass is 604 g/mol. The Morgan fingerprint density at radius 3 is 2.42 bits per heavy atom. The molecule has 238 valence electrons. The summed E-state index contributed by atoms with van der Waals surface area (Å²) in [6.07, 6.45) is -3.34. The van der Waals surface area contributed by atoms with Gasteiger partial charge in [0.15, 0.2) is 6.10 Å². The maximum atomic E-state index is 13.3. The van der Waals surface area contributed by atoms with E-state index in [9.17, 15) is 29.4 Å². The summed E-state index contributed by atoms with van der Waals surface area (Å²) in [5, 5.41) is 21.9. The molecule has 11 nitrogen and oxygen atoms in total. The fourth-order valence-corrected chi connectivity index (χ4v) is 8.88. The van der Waals surface area contributed by atoms with Gasteiger partial charge in [0, 0.05) is 17.3 Å². The number of hydrogen-bond donors (Lipinski definition) is 2. The lowest BCUT2D eigenvalue weighted by atomic mass is 9.41. The van der Waals surface area contributed by atoms with Gasteiger partial charge in [-0.05, 0) is 48.2 Å². The van der Waals surface area contributed by atoms with Crippen molar-refractivity contribution in [1.29, 1.82) is 0 Å². The zero-order chi connectivity index (χ0) is 31.9. The van der Waals surface area contributed by atoms with Crippen LogP contribution in [0.4, 0.5) is 0 Å². The van der Waals surface area contributed by atoms with Crippen LogP contribution < -0.4 is 0 Å². The third-order valence-corrected chi connectivity index (χ3v) is 11.7. The Balaban J connectivity index is 1.68. The van der Waals surface area contributed by atoms with Crippen LogP contribution in [0.1, 0.15) is 73.6 Å². The topological polar surface area (TPSA) is 155 Å². The van der Waals surface area contributed by atoms with Crippen LogP contribution in [0.2, 0.25) is 0 Å². The van der Waals surface area contributed by atoms with Crippen LogP contribution in [-0.2, 0) is 42.9 Å². The number of aliphatic hydroxyl groups excluding tert-OH is 2. The fraction of sp³-hybridized carbons (Fsp3) is 0.750. The lowest BCUT2D eigenvalue weighted by Crippen LogP contribution is -2.77. The molecule has 3 heterocycles. The van der Waals surface area contributed by atoms with E-state index in [1.54, 1.807) is 6.92 Å². The molecule has 0 radical (unpaired) electrons. The van der Waals surface area contributed by atoms with Crippen LogP contribution in [-0.4, -0.2) is 77.5 Å². The van der Waals surface area contributed by atoms with Crippen molar-refractivity contribution in [3.05, 3.63) is 23.8 Å². The normalized spacial score (nSPS) is 43.8. The van der Waals surface area contributed by atoms with Crippen molar-refractivity contribution in [1.82, 2.24) is 0 Å². The number of methoxy groups -OCH3 is 1. The minimum atomic E-state index is -1.46. The zero-order valence-electron chi connectivity index (χ0n) is 26.0. The number of cyclic esters (lactones) is 2. The Hall–Kier alpha value is -2.76. The van der Waals surface area contributed by atoms with Crippen molar-refractivity contribution >= 4 is 23.9 Å². The lowest BCUT2D eigenvalue weighted by molar-refractivity contribution is -0.336. The number of hydrogen-bond acceptors (Lipinski definition) is 11. The van der Waals surface area contributed by atoms with E-state index in [4.69, 9.17) is 23.7 Å². The Bertz CT molecular complexity index is 1270. The first kappa shape index (κ1) is 31.7. The molecule has 5 aliphatic rings. The van der Waals surface area contributed by atoms with Crippen LogP contribution in [0.5, 0.6) is 0 Å². The first-order valence-electron chi connectivity index (χ1n) is 15.1. The predicted molar refractivity (Wildman–Crippen MR) is 150 cm³/mol. The maximum absolute atomic E-state index is 13.3. The maximum Gasteiger partial charge on any atom is 0.340 e. The number of aliphatic hydroxyl groups is 2. The van der Waals surface area contributed by atoms with E-state index in [1.807, 2.05) is 34.6 Å². The molecule has 11 heteroatoms. The highest BCUT2D eigenvalue weighted by Crippen LogP contribution is 2.71. The van der Waals surface area contributed by atoms with Crippen molar-refractivity contribution in [3.8, 4) is 0 Å². The van der Waals surface area contributed by atoms with Gasteiger partial charge >= 0.3 is 23.9 Å². The molecule has 1 spiro atoms. The van der Waals surface area contributed by atoms with Crippen molar-refractivity contribution in [2.24, 2.45) is 34.0 Å². The largest absolute Gasteiger partial charge is 0.469 e. The summed E-state index contributed by atoms with van der Waals surface area (Å²) in [6.45, 7) is 15.7. The summed E-state index contributed by atoms with van der Waals surface area (Å²) in [6, 6.07) is 0. The van der Waals surface area contributed by atoms with E-state index in [2.05, 4.69) is 6.58 Å². The number of fused-ring (bicyclic) bond motifs is 3. The molecular formula is C32H44O11. The first-order valence-corrected chi connectivity index (χ1v) is 15.1. The van der Waals surface area contributed by atoms with E-state index in [0.717, 1.165) is 0 Å². The third-order valence-electron chi connectivity index (χ3n) is 11.7. The molecule has 43 heavy (non-hydrogen) atoms. The molecule has 2 saturated carbocycles. The number of ether oxygens (including phenoxy) is 5. The average molecular weight is 605 g/mol. The molecule has 3 aliphatic heterocycles. The minimum Gasteiger partial charge on any atom is -0.469 e. The zero-order valence-corrected chi connectivity index (χ0v) is 26.0. The summed E-state index contributed by atoms with van der Waals surface area (Å²) in [7, 11) is 1.32. The van der Waals surface area contributed by atoms with Gasteiger partial charge in [-0.1, -0.05) is 48.1 Å². The van der Waals surface area contributed by atoms with Crippen molar-refractivity contribution in [3.63, 3.8) is 0 Å². The number of rotatable bonds is 6. The highest BCUT2D eigenvalue weighted by molar-refractivity contribution is 5.93. The second-order valence-corrected chi connectivity index (χ2v) is 14.0. The standard InChI is InChI=1S/C32H44O11/c1-9-15(2)27(37)42-23-24(36)29(4,5)19(13-20(33)39-8)31(7)18-10-11-30(6)25(17-12-21(34)41-28(17)38)40-22(35)14-32(30,16(18)3)43-26(23)31/h12,15,18-19,21,23-26,34,36H,3,9-11,13-14H2,1-2,4-8H3/t15-,18+,19+,21+,23+,24+,25+,26+,30+,31-,32+/m1/s1. The average Bonchev–Trinajstić information content (AvgIpc) is 3.28. The van der Waals surface area contributed by atoms with Gasteiger partial charge < -0.3 is 33.9 Å². The van der Waals surface area contributed by atoms with E-state index in [0.29, 0.717) is 24.8 Å². The molecular weight excluding hydrogens is 560 g/mol. The summed E-state index contributed by atoms with van der Waals surface area (Å²) < 4.78 is 29.0. The lowest BCUT2D eigenvalue weighted by Gasteiger charge is -2.71. The van der Waals surface area contributed by atoms with Gasteiger partial charge in [0.1, 0.15) is 17.8 Å². The molecule has 4 fully saturated rings. The second-order valence-electron chi connectivity index (χ2n) is 14.0. The Kier molecular flexibility index (Phi) is 7.66. The number of carbonyl (C=O) groups is 4. The van der Waals surface area contributed by atoms with Gasteiger partial charge in [0.2, 0.25) is 6.29 Å². The molecule has 0 unspecified atom stereocenters. The van der Waals surface area contributed by atoms with Gasteiger partial charge in [-0.15, -0.1) is 0 Å². The molecule has 0 aromatic carbocycles. The molecule has 5 rings (SSSR count). The summed E-state index contributed by atoms with van der Waals surface area (Å²) >= 11 is 0. The van der Waals surface area contributed by atoms with Crippen LogP contribution >= 0.6 is 0 Å². The van der Waals surface area contributed by atoms with Gasteiger partial charge in [-0.3, -0.25) is 14.4 Å². The van der Waals surface area contributed by atoms with Crippen molar-refractivity contribution in [2.75, 3.05) is 7.11 Å². The third kappa shape index (κ3) is 4.32. The first-order chi connectivity index (χ1) is 20.0. The highest BCUT2D eigenvalue weighted by Gasteiger charge is 2.76. The quantitative estimate of drug-likeness (QED) is 0.261. The summed E-state index contributed by atoms with van der Waals surface area (Å²) in [5.41, 5.74) is -3.53. The number of esters is 4. The van der Waals surface area contributed by atoms with E-state index >= 15 is 0 Å². The van der Waals surface area contributed by atoms with Gasteiger partial charge in [0.25, 0.3) is 0 Å². The van der Waals surface area contributed by atoms with Crippen LogP contribution in [0.3, 0.4) is 0 Å². The Morgan fingerprint density at radius 1 is 1.16 bits per heavy atom. The smallest absolute Gasteiger partial charge is 0.340 e. The molecule has 0 amide bonds. The Labute approximate surface area is 251 Å². The van der Waals surface area contributed by atoms with Gasteiger partial charge in [-0.2, -0.15) is 0 Å². The minimum absolute atomic E-state index is 0.0156. The highest BCUT2D eigenvalue weighted by atomic mass is 16.6. The summed E-state index contributed by atoms with van der Waals surface area (Å²) in [4.78, 5) is 52.1. The number of carbonyl (C=O) groups excluding carboxylic acids is 4. The Morgan fingerprint density at radius 2 is 1.84 bits per heavy atom. The van der Waals surface area contributed by atoms with E-state index < -0.39 is 88.3 Å². The van der Waals surface area contributed by atoms with E-state index in [-0.39, 0.29) is 24.3 Å². The van der Waals surface area contributed by atoms with Gasteiger partial charge in [-0.25, -0.2) is 4.79 Å². The van der Waals surface area contributed by atoms with Crippen molar-refractivity contribution in [2.45, 2.75) is 110 Å². The molecule has 0 aromatic rings. The molecule has 0 aromatic heterocycles. The van der Waals surface area contributed by atoms with Crippen LogP contribution in [0.25, 0.3) is 0 Å². The van der Waals surface area contributed by atoms with Crippen molar-refractivity contribution < 1.29 is 53.1 Å². The molecule has 2 bridgehead atoms. The van der Waals surface area contributed by atoms with E-state index in [1.165, 1.54) is 13.2 Å². The molecule has 11 atom stereocenters. The molecule has 2 N–H and O–H groups in total. The summed E-state index contributed by atoms with van der Waals surface area (Å²) in [5.74, 6) is -3.57. The van der Waals surface area contributed by atoms with Crippen LogP contribution in [0.15, 0.2) is 23.8 Å². The molecule has 2 aliphatic carbocycles. The van der Waals surface area contributed by atoms with Gasteiger partial charge in [0.05, 0.1) is 31.1 Å². The molecule has 2 saturated heterocycles. The second kappa shape index (κ2) is 10.4. The fourth-order valence-electron chi connectivity index (χ4n) is 8.88. The van der Waals surface area contributed by atoms with Crippen LogP contribution in [0, 0.1) is 34.0 Å². The SMILES string of the molecule is C=C1[C@@H]2CC[C@@]3(C)[C@H](C4=C[C@@H](O)OC4=O)OC(=O)C[C@]13O[C@H]1[C@@H](OC(=O)[C@H](C)CC)[C@H](O)C(C)(C)[C@H](CC(=O)OC)[C@@]21C.